The third-order valence-electron chi connectivity index (χ3n) is 4.76. The van der Waals surface area contributed by atoms with Crippen molar-refractivity contribution >= 4 is 11.6 Å². The first-order valence-electron chi connectivity index (χ1n) is 8.16. The monoisotopic (exact) mass is 350 g/mol. The topological polar surface area (TPSA) is 45.5 Å². The van der Waals surface area contributed by atoms with Gasteiger partial charge in [-0.05, 0) is 36.6 Å². The van der Waals surface area contributed by atoms with E-state index in [9.17, 15) is 18.0 Å². The summed E-state index contributed by atoms with van der Waals surface area (Å²) >= 11 is 0. The normalized spacial score (nSPS) is 25.5. The third-order valence-corrected chi connectivity index (χ3v) is 4.76. The zero-order valence-corrected chi connectivity index (χ0v) is 13.5. The number of furan rings is 1. The SMILES string of the molecule is C[C@@H]1C[C@H]1c1ccc([C@@H]2Nc3ccccc3C(=O)N2CC(F)(F)F)o1. The molecule has 2 aliphatic rings. The molecule has 1 aromatic carbocycles. The number of halogens is 3. The maximum atomic E-state index is 13.0. The van der Waals surface area contributed by atoms with Crippen LogP contribution in [0.5, 0.6) is 0 Å². The molecule has 1 aromatic heterocycles. The fraction of sp³-hybridized carbons (Fsp3) is 0.389. The molecule has 2 aromatic rings. The predicted molar refractivity (Wildman–Crippen MR) is 85.1 cm³/mol. The summed E-state index contributed by atoms with van der Waals surface area (Å²) in [5, 5.41) is 3.01. The first-order chi connectivity index (χ1) is 11.8. The Hall–Kier alpha value is -2.44. The highest BCUT2D eigenvalue weighted by Crippen LogP contribution is 2.48. The van der Waals surface area contributed by atoms with Crippen molar-refractivity contribution in [2.24, 2.45) is 5.92 Å². The number of benzene rings is 1. The van der Waals surface area contributed by atoms with Gasteiger partial charge in [-0.2, -0.15) is 13.2 Å². The summed E-state index contributed by atoms with van der Waals surface area (Å²) < 4.78 is 44.9. The molecule has 0 unspecified atom stereocenters. The Bertz CT molecular complexity index is 815. The van der Waals surface area contributed by atoms with E-state index in [1.54, 1.807) is 30.3 Å². The second kappa shape index (κ2) is 5.54. The molecule has 4 nitrogen and oxygen atoms in total. The lowest BCUT2D eigenvalue weighted by atomic mass is 10.1. The van der Waals surface area contributed by atoms with Crippen LogP contribution in [-0.4, -0.2) is 23.5 Å². The quantitative estimate of drug-likeness (QED) is 0.884. The van der Waals surface area contributed by atoms with Crippen LogP contribution in [0.2, 0.25) is 0 Å². The van der Waals surface area contributed by atoms with Crippen molar-refractivity contribution in [1.29, 1.82) is 0 Å². The molecule has 0 radical (unpaired) electrons. The minimum absolute atomic E-state index is 0.227. The van der Waals surface area contributed by atoms with Gasteiger partial charge in [-0.1, -0.05) is 19.1 Å². The van der Waals surface area contributed by atoms with Crippen molar-refractivity contribution in [3.63, 3.8) is 0 Å². The van der Waals surface area contributed by atoms with Crippen LogP contribution in [0.1, 0.15) is 47.3 Å². The van der Waals surface area contributed by atoms with Crippen molar-refractivity contribution in [1.82, 2.24) is 4.90 Å². The van der Waals surface area contributed by atoms with Crippen molar-refractivity contribution < 1.29 is 22.4 Å². The average molecular weight is 350 g/mol. The Kier molecular flexibility index (Phi) is 3.56. The van der Waals surface area contributed by atoms with Gasteiger partial charge in [0.25, 0.3) is 5.91 Å². The lowest BCUT2D eigenvalue weighted by molar-refractivity contribution is -0.144. The molecule has 1 fully saturated rings. The number of hydrogen-bond donors (Lipinski definition) is 1. The number of nitrogens with one attached hydrogen (secondary N) is 1. The van der Waals surface area contributed by atoms with Crippen LogP contribution >= 0.6 is 0 Å². The number of anilines is 1. The molecule has 25 heavy (non-hydrogen) atoms. The number of alkyl halides is 3. The van der Waals surface area contributed by atoms with Crippen molar-refractivity contribution in [3.8, 4) is 0 Å². The Balaban J connectivity index is 1.70. The number of para-hydroxylation sites is 1. The van der Waals surface area contributed by atoms with Crippen LogP contribution in [0.25, 0.3) is 0 Å². The third kappa shape index (κ3) is 2.99. The molecule has 0 saturated heterocycles. The molecule has 1 saturated carbocycles. The largest absolute Gasteiger partial charge is 0.462 e. The van der Waals surface area contributed by atoms with Gasteiger partial charge in [-0.3, -0.25) is 4.79 Å². The summed E-state index contributed by atoms with van der Waals surface area (Å²) in [6, 6.07) is 10.0. The number of carbonyl (C=O) groups excluding carboxylic acids is 1. The van der Waals surface area contributed by atoms with Crippen LogP contribution in [-0.2, 0) is 0 Å². The van der Waals surface area contributed by atoms with E-state index < -0.39 is 24.8 Å². The van der Waals surface area contributed by atoms with Gasteiger partial charge in [0.1, 0.15) is 18.1 Å². The standard InChI is InChI=1S/C18H17F3N2O2/c1-10-8-12(10)14-6-7-15(25-14)16-22-13-5-3-2-4-11(13)17(24)23(16)9-18(19,20)21/h2-7,10,12,16,22H,8-9H2,1H3/t10-,12-,16-/m1/s1. The minimum Gasteiger partial charge on any atom is -0.462 e. The van der Waals surface area contributed by atoms with E-state index in [4.69, 9.17) is 4.42 Å². The zero-order chi connectivity index (χ0) is 17.8. The zero-order valence-electron chi connectivity index (χ0n) is 13.5. The molecule has 7 heteroatoms. The highest BCUT2D eigenvalue weighted by molar-refractivity contribution is 6.01. The molecule has 1 amide bonds. The average Bonchev–Trinajstić information content (AvgIpc) is 3.08. The number of rotatable bonds is 3. The number of carbonyl (C=O) groups is 1. The number of amides is 1. The fourth-order valence-corrected chi connectivity index (χ4v) is 3.31. The van der Waals surface area contributed by atoms with E-state index in [0.29, 0.717) is 23.3 Å². The van der Waals surface area contributed by atoms with E-state index in [1.807, 2.05) is 0 Å². The van der Waals surface area contributed by atoms with Crippen LogP contribution in [0.15, 0.2) is 40.8 Å². The van der Waals surface area contributed by atoms with Gasteiger partial charge in [-0.15, -0.1) is 0 Å². The first-order valence-corrected chi connectivity index (χ1v) is 8.16. The molecule has 2 heterocycles. The number of nitrogens with zero attached hydrogens (tertiary/aromatic N) is 1. The summed E-state index contributed by atoms with van der Waals surface area (Å²) in [6.45, 7) is 0.759. The summed E-state index contributed by atoms with van der Waals surface area (Å²) in [6.07, 6.45) is -4.46. The number of hydrogen-bond acceptors (Lipinski definition) is 3. The van der Waals surface area contributed by atoms with E-state index in [0.717, 1.165) is 17.1 Å². The first kappa shape index (κ1) is 16.1. The van der Waals surface area contributed by atoms with Gasteiger partial charge in [-0.25, -0.2) is 0 Å². The maximum absolute atomic E-state index is 13.0. The predicted octanol–water partition coefficient (Wildman–Crippen LogP) is 4.53. The summed E-state index contributed by atoms with van der Waals surface area (Å²) in [5.41, 5.74) is 0.735. The van der Waals surface area contributed by atoms with E-state index in [2.05, 4.69) is 12.2 Å². The Morgan fingerprint density at radius 2 is 1.88 bits per heavy atom. The fourth-order valence-electron chi connectivity index (χ4n) is 3.31. The van der Waals surface area contributed by atoms with Crippen molar-refractivity contribution in [3.05, 3.63) is 53.5 Å². The van der Waals surface area contributed by atoms with Gasteiger partial charge in [0.05, 0.1) is 5.56 Å². The van der Waals surface area contributed by atoms with Gasteiger partial charge in [0, 0.05) is 11.6 Å². The van der Waals surface area contributed by atoms with Crippen LogP contribution in [0.4, 0.5) is 18.9 Å². The lowest BCUT2D eigenvalue weighted by Gasteiger charge is -2.37. The van der Waals surface area contributed by atoms with E-state index in [1.165, 1.54) is 6.07 Å². The molecule has 1 N–H and O–H groups in total. The van der Waals surface area contributed by atoms with Crippen molar-refractivity contribution in [2.75, 3.05) is 11.9 Å². The Morgan fingerprint density at radius 3 is 2.56 bits per heavy atom. The molecule has 1 aliphatic carbocycles. The molecule has 1 aliphatic heterocycles. The highest BCUT2D eigenvalue weighted by Gasteiger charge is 2.43. The Labute approximate surface area is 142 Å². The van der Waals surface area contributed by atoms with Gasteiger partial charge in [0.2, 0.25) is 0 Å². The molecule has 4 rings (SSSR count). The molecule has 132 valence electrons. The molecule has 0 spiro atoms. The maximum Gasteiger partial charge on any atom is 0.406 e. The number of fused-ring (bicyclic) bond motifs is 1. The summed E-state index contributed by atoms with van der Waals surface area (Å²) in [4.78, 5) is 13.4. The van der Waals surface area contributed by atoms with Crippen molar-refractivity contribution in [2.45, 2.75) is 31.6 Å². The molecular weight excluding hydrogens is 333 g/mol. The molecular formula is C18H17F3N2O2. The van der Waals surface area contributed by atoms with E-state index in [-0.39, 0.29) is 5.56 Å². The van der Waals surface area contributed by atoms with Crippen LogP contribution in [0, 0.1) is 5.92 Å². The summed E-state index contributed by atoms with van der Waals surface area (Å²) in [7, 11) is 0. The smallest absolute Gasteiger partial charge is 0.406 e. The van der Waals surface area contributed by atoms with Gasteiger partial charge < -0.3 is 14.6 Å². The van der Waals surface area contributed by atoms with E-state index >= 15 is 0 Å². The lowest BCUT2D eigenvalue weighted by Crippen LogP contribution is -2.47. The highest BCUT2D eigenvalue weighted by atomic mass is 19.4. The second-order valence-corrected chi connectivity index (χ2v) is 6.70. The molecule has 3 atom stereocenters. The van der Waals surface area contributed by atoms with Gasteiger partial charge in [0.15, 0.2) is 6.17 Å². The van der Waals surface area contributed by atoms with Gasteiger partial charge >= 0.3 is 6.18 Å². The Morgan fingerprint density at radius 1 is 1.20 bits per heavy atom. The second-order valence-electron chi connectivity index (χ2n) is 6.70. The van der Waals surface area contributed by atoms with Crippen LogP contribution in [0.3, 0.4) is 0 Å². The summed E-state index contributed by atoms with van der Waals surface area (Å²) in [5.74, 6) is 1.27. The minimum atomic E-state index is -4.50. The van der Waals surface area contributed by atoms with Crippen LogP contribution < -0.4 is 5.32 Å². The molecule has 0 bridgehead atoms.